The zero-order valence-corrected chi connectivity index (χ0v) is 17.2. The summed E-state index contributed by atoms with van der Waals surface area (Å²) in [7, 11) is 0. The predicted octanol–water partition coefficient (Wildman–Crippen LogP) is 4.48. The van der Waals surface area contributed by atoms with E-state index in [2.05, 4.69) is 40.6 Å². The predicted molar refractivity (Wildman–Crippen MR) is 113 cm³/mol. The lowest BCUT2D eigenvalue weighted by Gasteiger charge is -2.36. The zero-order chi connectivity index (χ0) is 20.6. The van der Waals surface area contributed by atoms with Gasteiger partial charge in [-0.25, -0.2) is 4.79 Å². The summed E-state index contributed by atoms with van der Waals surface area (Å²) in [4.78, 5) is 29.3. The smallest absolute Gasteiger partial charge is 0.339 e. The van der Waals surface area contributed by atoms with Gasteiger partial charge in [-0.05, 0) is 68.9 Å². The minimum atomic E-state index is -0.578. The van der Waals surface area contributed by atoms with Gasteiger partial charge in [-0.1, -0.05) is 30.3 Å². The highest BCUT2D eigenvalue weighted by Crippen LogP contribution is 2.47. The number of carbonyl (C=O) groups is 2. The summed E-state index contributed by atoms with van der Waals surface area (Å²) >= 11 is 0. The Morgan fingerprint density at radius 3 is 2.47 bits per heavy atom. The molecule has 30 heavy (non-hydrogen) atoms. The van der Waals surface area contributed by atoms with Crippen LogP contribution in [-0.2, 0) is 15.1 Å². The average Bonchev–Trinajstić information content (AvgIpc) is 3.07. The fourth-order valence-electron chi connectivity index (χ4n) is 5.56. The van der Waals surface area contributed by atoms with Gasteiger partial charge in [-0.3, -0.25) is 9.78 Å². The molecule has 1 aromatic heterocycles. The second-order valence-electron chi connectivity index (χ2n) is 9.05. The summed E-state index contributed by atoms with van der Waals surface area (Å²) in [5.41, 5.74) is 2.36. The first-order chi connectivity index (χ1) is 14.6. The van der Waals surface area contributed by atoms with Gasteiger partial charge in [-0.15, -0.1) is 0 Å². The van der Waals surface area contributed by atoms with Gasteiger partial charge in [0, 0.05) is 29.9 Å². The number of carbonyl (C=O) groups excluding carboxylic acids is 2. The van der Waals surface area contributed by atoms with Crippen LogP contribution >= 0.6 is 0 Å². The highest BCUT2D eigenvalue weighted by Gasteiger charge is 2.48. The molecule has 1 N–H and O–H groups in total. The Labute approximate surface area is 177 Å². The summed E-state index contributed by atoms with van der Waals surface area (Å²) in [6.07, 6.45) is 10.6. The molecule has 2 aliphatic carbocycles. The van der Waals surface area contributed by atoms with Crippen LogP contribution < -0.4 is 5.32 Å². The van der Waals surface area contributed by atoms with Crippen molar-refractivity contribution >= 4 is 11.9 Å². The van der Waals surface area contributed by atoms with E-state index in [-0.39, 0.29) is 23.8 Å². The summed E-state index contributed by atoms with van der Waals surface area (Å²) in [6.45, 7) is 0. The highest BCUT2D eigenvalue weighted by atomic mass is 16.6. The van der Waals surface area contributed by atoms with Gasteiger partial charge in [0.05, 0.1) is 5.56 Å². The maximum absolute atomic E-state index is 12.9. The van der Waals surface area contributed by atoms with E-state index in [4.69, 9.17) is 4.74 Å². The lowest BCUT2D eigenvalue weighted by atomic mass is 9.75. The Bertz CT molecular complexity index is 926. The van der Waals surface area contributed by atoms with Crippen molar-refractivity contribution in [2.75, 3.05) is 0 Å². The molecule has 0 unspecified atom stereocenters. The topological polar surface area (TPSA) is 68.3 Å². The molecule has 5 rings (SSSR count). The third kappa shape index (κ3) is 3.51. The molecule has 0 saturated heterocycles. The molecule has 0 bridgehead atoms. The van der Waals surface area contributed by atoms with Crippen molar-refractivity contribution in [2.45, 2.75) is 68.9 Å². The second kappa shape index (κ2) is 7.86. The van der Waals surface area contributed by atoms with Gasteiger partial charge in [-0.2, -0.15) is 0 Å². The van der Waals surface area contributed by atoms with Crippen LogP contribution in [0.1, 0.15) is 78.8 Å². The Kier molecular flexibility index (Phi) is 5.05. The van der Waals surface area contributed by atoms with E-state index in [0.29, 0.717) is 24.3 Å². The van der Waals surface area contributed by atoms with Crippen molar-refractivity contribution in [3.8, 4) is 0 Å². The fraction of sp³-hybridized carbons (Fsp3) is 0.480. The van der Waals surface area contributed by atoms with Crippen molar-refractivity contribution in [3.05, 3.63) is 65.5 Å². The number of aromatic nitrogens is 1. The van der Waals surface area contributed by atoms with Gasteiger partial charge < -0.3 is 10.1 Å². The number of amides is 1. The standard InChI is InChI=1S/C25H28N2O3/c28-23(27-20-8-6-18(7-9-20)17-4-2-1-3-5-17)19-10-13-25(14-11-19)22-16-26-15-12-21(22)24(29)30-25/h1-5,12,15-16,18-20H,6-11,13-14H2,(H,27,28). The lowest BCUT2D eigenvalue weighted by Crippen LogP contribution is -2.43. The number of esters is 1. The molecule has 2 aromatic rings. The lowest BCUT2D eigenvalue weighted by molar-refractivity contribution is -0.129. The van der Waals surface area contributed by atoms with Crippen molar-refractivity contribution in [3.63, 3.8) is 0 Å². The molecule has 1 spiro atoms. The summed E-state index contributed by atoms with van der Waals surface area (Å²) in [5, 5.41) is 3.31. The number of benzene rings is 1. The molecular weight excluding hydrogens is 376 g/mol. The largest absolute Gasteiger partial charge is 0.450 e. The van der Waals surface area contributed by atoms with Crippen LogP contribution in [0.2, 0.25) is 0 Å². The van der Waals surface area contributed by atoms with Crippen molar-refractivity contribution in [2.24, 2.45) is 5.92 Å². The molecule has 5 nitrogen and oxygen atoms in total. The molecule has 0 atom stereocenters. The summed E-state index contributed by atoms with van der Waals surface area (Å²) < 4.78 is 5.78. The quantitative estimate of drug-likeness (QED) is 0.766. The van der Waals surface area contributed by atoms with Gasteiger partial charge >= 0.3 is 5.97 Å². The van der Waals surface area contributed by atoms with Crippen molar-refractivity contribution in [1.82, 2.24) is 10.3 Å². The van der Waals surface area contributed by atoms with E-state index in [0.717, 1.165) is 44.1 Å². The Balaban J connectivity index is 1.15. The van der Waals surface area contributed by atoms with Crippen LogP contribution in [-0.4, -0.2) is 22.9 Å². The molecule has 3 aliphatic rings. The molecular formula is C25H28N2O3. The SMILES string of the molecule is O=C1OC2(CCC(C(=O)NC3CCC(c4ccccc4)CC3)CC2)c2cnccc21. The number of hydrogen-bond acceptors (Lipinski definition) is 4. The number of ether oxygens (including phenoxy) is 1. The molecule has 156 valence electrons. The van der Waals surface area contributed by atoms with Crippen molar-refractivity contribution in [1.29, 1.82) is 0 Å². The van der Waals surface area contributed by atoms with Gasteiger partial charge in [0.15, 0.2) is 0 Å². The number of pyridine rings is 1. The molecule has 1 amide bonds. The maximum atomic E-state index is 12.9. The average molecular weight is 405 g/mol. The normalized spacial score (nSPS) is 30.5. The zero-order valence-electron chi connectivity index (χ0n) is 17.2. The first-order valence-corrected chi connectivity index (χ1v) is 11.2. The van der Waals surface area contributed by atoms with E-state index < -0.39 is 5.60 Å². The molecule has 5 heteroatoms. The number of rotatable bonds is 3. The van der Waals surface area contributed by atoms with E-state index in [1.807, 2.05) is 0 Å². The van der Waals surface area contributed by atoms with Crippen LogP contribution in [0.4, 0.5) is 0 Å². The van der Waals surface area contributed by atoms with Crippen LogP contribution in [0.15, 0.2) is 48.8 Å². The first kappa shape index (κ1) is 19.3. The third-order valence-corrected chi connectivity index (χ3v) is 7.33. The van der Waals surface area contributed by atoms with Crippen molar-refractivity contribution < 1.29 is 14.3 Å². The number of nitrogens with zero attached hydrogens (tertiary/aromatic N) is 1. The Morgan fingerprint density at radius 1 is 1.00 bits per heavy atom. The van der Waals surface area contributed by atoms with Crippen LogP contribution in [0.5, 0.6) is 0 Å². The van der Waals surface area contributed by atoms with E-state index in [1.165, 1.54) is 5.56 Å². The molecule has 0 radical (unpaired) electrons. The molecule has 2 saturated carbocycles. The van der Waals surface area contributed by atoms with E-state index in [1.54, 1.807) is 18.5 Å². The first-order valence-electron chi connectivity index (χ1n) is 11.2. The second-order valence-corrected chi connectivity index (χ2v) is 9.05. The monoisotopic (exact) mass is 404 g/mol. The van der Waals surface area contributed by atoms with Gasteiger partial charge in [0.1, 0.15) is 5.60 Å². The molecule has 1 aromatic carbocycles. The fourth-order valence-corrected chi connectivity index (χ4v) is 5.56. The van der Waals surface area contributed by atoms with E-state index >= 15 is 0 Å². The molecule has 2 heterocycles. The van der Waals surface area contributed by atoms with Crippen LogP contribution in [0, 0.1) is 5.92 Å². The van der Waals surface area contributed by atoms with Crippen LogP contribution in [0.3, 0.4) is 0 Å². The number of nitrogens with one attached hydrogen (secondary N) is 1. The highest BCUT2D eigenvalue weighted by molar-refractivity contribution is 5.94. The molecule has 2 fully saturated rings. The van der Waals surface area contributed by atoms with Crippen LogP contribution in [0.25, 0.3) is 0 Å². The van der Waals surface area contributed by atoms with E-state index in [9.17, 15) is 9.59 Å². The third-order valence-electron chi connectivity index (χ3n) is 7.33. The Hall–Kier alpha value is -2.69. The Morgan fingerprint density at radius 2 is 1.73 bits per heavy atom. The minimum Gasteiger partial charge on any atom is -0.450 e. The summed E-state index contributed by atoms with van der Waals surface area (Å²) in [6, 6.07) is 12.7. The van der Waals surface area contributed by atoms with Gasteiger partial charge in [0.25, 0.3) is 0 Å². The number of fused-ring (bicyclic) bond motifs is 2. The minimum absolute atomic E-state index is 0.00175. The number of hydrogen-bond donors (Lipinski definition) is 1. The maximum Gasteiger partial charge on any atom is 0.339 e. The molecule has 1 aliphatic heterocycles. The van der Waals surface area contributed by atoms with Gasteiger partial charge in [0.2, 0.25) is 5.91 Å². The summed E-state index contributed by atoms with van der Waals surface area (Å²) in [5.74, 6) is 0.524.